The third kappa shape index (κ3) is 3.55. The summed E-state index contributed by atoms with van der Waals surface area (Å²) in [4.78, 5) is 0. The minimum atomic E-state index is -0.306. The van der Waals surface area contributed by atoms with Crippen molar-refractivity contribution in [1.29, 1.82) is 0 Å². The molecule has 2 rings (SSSR count). The summed E-state index contributed by atoms with van der Waals surface area (Å²) in [5.74, 6) is 0. The molecule has 0 amide bonds. The Bertz CT molecular complexity index is 478. The zero-order valence-electron chi connectivity index (χ0n) is 10.8. The molecule has 0 aliphatic heterocycles. The lowest BCUT2D eigenvalue weighted by Crippen LogP contribution is -2.13. The molecule has 1 aromatic carbocycles. The summed E-state index contributed by atoms with van der Waals surface area (Å²) in [7, 11) is 0. The van der Waals surface area contributed by atoms with Gasteiger partial charge in [0.25, 0.3) is 0 Å². The lowest BCUT2D eigenvalue weighted by molar-refractivity contribution is 0.0826. The second kappa shape index (κ2) is 6.88. The van der Waals surface area contributed by atoms with Crippen molar-refractivity contribution in [3.63, 3.8) is 0 Å². The van der Waals surface area contributed by atoms with Crippen LogP contribution in [0.3, 0.4) is 0 Å². The predicted octanol–water partition coefficient (Wildman–Crippen LogP) is 3.62. The maximum Gasteiger partial charge on any atom is 0.0603 e. The van der Waals surface area contributed by atoms with Crippen molar-refractivity contribution >= 4 is 21.4 Å². The number of aliphatic hydroxyl groups is 1. The molecule has 2 aromatic rings. The third-order valence-electron chi connectivity index (χ3n) is 2.96. The highest BCUT2D eigenvalue weighted by atomic mass is 32.1. The maximum absolute atomic E-state index is 10.0. The molecular formula is C15H20O2S. The minimum Gasteiger partial charge on any atom is -0.393 e. The first kappa shape index (κ1) is 13.5. The van der Waals surface area contributed by atoms with E-state index in [1.807, 2.05) is 0 Å². The third-order valence-corrected chi connectivity index (χ3v) is 3.97. The van der Waals surface area contributed by atoms with E-state index in [-0.39, 0.29) is 6.10 Å². The van der Waals surface area contributed by atoms with Crippen LogP contribution in [-0.4, -0.2) is 24.4 Å². The lowest BCUT2D eigenvalue weighted by atomic mass is 10.1. The van der Waals surface area contributed by atoms with Crippen LogP contribution in [0.15, 0.2) is 29.6 Å². The summed E-state index contributed by atoms with van der Waals surface area (Å²) in [5.41, 5.74) is 1.25. The molecule has 0 radical (unpaired) electrons. The van der Waals surface area contributed by atoms with E-state index >= 15 is 0 Å². The average molecular weight is 264 g/mol. The van der Waals surface area contributed by atoms with Crippen LogP contribution in [0.25, 0.3) is 10.1 Å². The Morgan fingerprint density at radius 3 is 2.94 bits per heavy atom. The van der Waals surface area contributed by atoms with Gasteiger partial charge in [-0.15, -0.1) is 11.3 Å². The van der Waals surface area contributed by atoms with Gasteiger partial charge in [0.2, 0.25) is 0 Å². The van der Waals surface area contributed by atoms with Crippen LogP contribution in [0.4, 0.5) is 0 Å². The molecule has 98 valence electrons. The standard InChI is InChI=1S/C15H20O2S/c1-2-8-17-9-7-13(16)10-12-11-18-15-6-4-3-5-14(12)15/h3-6,11,13,16H,2,7-10H2,1H3. The number of thiophene rings is 1. The van der Waals surface area contributed by atoms with Crippen LogP contribution < -0.4 is 0 Å². The van der Waals surface area contributed by atoms with Crippen LogP contribution in [0.1, 0.15) is 25.3 Å². The molecule has 0 bridgehead atoms. The largest absolute Gasteiger partial charge is 0.393 e. The smallest absolute Gasteiger partial charge is 0.0603 e. The summed E-state index contributed by atoms with van der Waals surface area (Å²) in [6.45, 7) is 3.53. The van der Waals surface area contributed by atoms with Gasteiger partial charge < -0.3 is 9.84 Å². The van der Waals surface area contributed by atoms with E-state index in [1.165, 1.54) is 15.6 Å². The van der Waals surface area contributed by atoms with Crippen molar-refractivity contribution in [2.75, 3.05) is 13.2 Å². The zero-order valence-corrected chi connectivity index (χ0v) is 11.6. The van der Waals surface area contributed by atoms with Crippen LogP contribution in [0.5, 0.6) is 0 Å². The first-order chi connectivity index (χ1) is 8.81. The second-order valence-corrected chi connectivity index (χ2v) is 5.43. The summed E-state index contributed by atoms with van der Waals surface area (Å²) in [5, 5.41) is 13.4. The molecule has 18 heavy (non-hydrogen) atoms. The Morgan fingerprint density at radius 1 is 1.28 bits per heavy atom. The van der Waals surface area contributed by atoms with Gasteiger partial charge in [0, 0.05) is 17.9 Å². The first-order valence-corrected chi connectivity index (χ1v) is 7.40. The topological polar surface area (TPSA) is 29.5 Å². The van der Waals surface area contributed by atoms with Crippen molar-refractivity contribution < 1.29 is 9.84 Å². The molecule has 1 heterocycles. The van der Waals surface area contributed by atoms with Crippen molar-refractivity contribution in [2.45, 2.75) is 32.3 Å². The predicted molar refractivity (Wildman–Crippen MR) is 77.3 cm³/mol. The van der Waals surface area contributed by atoms with Crippen LogP contribution >= 0.6 is 11.3 Å². The molecule has 1 aromatic heterocycles. The summed E-state index contributed by atoms with van der Waals surface area (Å²) < 4.78 is 6.70. The van der Waals surface area contributed by atoms with E-state index in [0.29, 0.717) is 13.0 Å². The minimum absolute atomic E-state index is 0.306. The Hall–Kier alpha value is -0.900. The molecule has 1 unspecified atom stereocenters. The summed E-state index contributed by atoms with van der Waals surface area (Å²) in [6, 6.07) is 8.36. The number of benzene rings is 1. The number of fused-ring (bicyclic) bond motifs is 1. The normalized spacial score (nSPS) is 13.0. The highest BCUT2D eigenvalue weighted by molar-refractivity contribution is 7.17. The van der Waals surface area contributed by atoms with Crippen LogP contribution in [0.2, 0.25) is 0 Å². The van der Waals surface area contributed by atoms with Gasteiger partial charge in [-0.1, -0.05) is 25.1 Å². The van der Waals surface area contributed by atoms with Gasteiger partial charge in [-0.3, -0.25) is 0 Å². The molecule has 0 aliphatic rings. The van der Waals surface area contributed by atoms with E-state index in [1.54, 1.807) is 11.3 Å². The highest BCUT2D eigenvalue weighted by Gasteiger charge is 2.09. The van der Waals surface area contributed by atoms with Gasteiger partial charge in [0.1, 0.15) is 0 Å². The van der Waals surface area contributed by atoms with Crippen LogP contribution in [-0.2, 0) is 11.2 Å². The average Bonchev–Trinajstić information content (AvgIpc) is 2.78. The van der Waals surface area contributed by atoms with Gasteiger partial charge in [-0.05, 0) is 41.7 Å². The van der Waals surface area contributed by atoms with Crippen LogP contribution in [0, 0.1) is 0 Å². The fourth-order valence-corrected chi connectivity index (χ4v) is 2.99. The molecule has 2 nitrogen and oxygen atoms in total. The van der Waals surface area contributed by atoms with Gasteiger partial charge in [0.05, 0.1) is 6.10 Å². The molecule has 0 spiro atoms. The van der Waals surface area contributed by atoms with Gasteiger partial charge in [0.15, 0.2) is 0 Å². The summed E-state index contributed by atoms with van der Waals surface area (Å²) in [6.07, 6.45) is 2.16. The van der Waals surface area contributed by atoms with Crippen molar-refractivity contribution in [2.24, 2.45) is 0 Å². The molecule has 0 saturated carbocycles. The Balaban J connectivity index is 1.88. The highest BCUT2D eigenvalue weighted by Crippen LogP contribution is 2.26. The molecule has 0 aliphatic carbocycles. The van der Waals surface area contributed by atoms with Crippen molar-refractivity contribution in [3.05, 3.63) is 35.2 Å². The molecular weight excluding hydrogens is 244 g/mol. The van der Waals surface area contributed by atoms with E-state index in [2.05, 4.69) is 36.6 Å². The van der Waals surface area contributed by atoms with Crippen molar-refractivity contribution in [1.82, 2.24) is 0 Å². The van der Waals surface area contributed by atoms with Gasteiger partial charge >= 0.3 is 0 Å². The van der Waals surface area contributed by atoms with E-state index in [4.69, 9.17) is 4.74 Å². The number of ether oxygens (including phenoxy) is 1. The number of rotatable bonds is 7. The fraction of sp³-hybridized carbons (Fsp3) is 0.467. The molecule has 0 fully saturated rings. The monoisotopic (exact) mass is 264 g/mol. The van der Waals surface area contributed by atoms with E-state index in [0.717, 1.165) is 19.4 Å². The molecule has 0 saturated heterocycles. The lowest BCUT2D eigenvalue weighted by Gasteiger charge is -2.10. The Kier molecular flexibility index (Phi) is 5.17. The number of aliphatic hydroxyl groups excluding tert-OH is 1. The quantitative estimate of drug-likeness (QED) is 0.774. The Labute approximate surface area is 112 Å². The molecule has 1 N–H and O–H groups in total. The molecule has 1 atom stereocenters. The SMILES string of the molecule is CCCOCCC(O)Cc1csc2ccccc12. The molecule has 3 heteroatoms. The fourth-order valence-electron chi connectivity index (χ4n) is 2.01. The maximum atomic E-state index is 10.0. The van der Waals surface area contributed by atoms with Gasteiger partial charge in [-0.2, -0.15) is 0 Å². The Morgan fingerprint density at radius 2 is 2.11 bits per heavy atom. The van der Waals surface area contributed by atoms with E-state index < -0.39 is 0 Å². The zero-order chi connectivity index (χ0) is 12.8. The first-order valence-electron chi connectivity index (χ1n) is 6.52. The number of hydrogen-bond donors (Lipinski definition) is 1. The summed E-state index contributed by atoms with van der Waals surface area (Å²) >= 11 is 1.75. The second-order valence-electron chi connectivity index (χ2n) is 4.52. The van der Waals surface area contributed by atoms with Gasteiger partial charge in [-0.25, -0.2) is 0 Å². The number of hydrogen-bond acceptors (Lipinski definition) is 3. The van der Waals surface area contributed by atoms with E-state index in [9.17, 15) is 5.11 Å². The van der Waals surface area contributed by atoms with Crippen molar-refractivity contribution in [3.8, 4) is 0 Å².